The quantitative estimate of drug-likeness (QED) is 0.924. The molecule has 2 aromatic rings. The number of nitrogens with one attached hydrogen (secondary N) is 1. The van der Waals surface area contributed by atoms with E-state index in [-0.39, 0.29) is 5.91 Å². The number of piperazine rings is 1. The van der Waals surface area contributed by atoms with Crippen molar-refractivity contribution in [2.24, 2.45) is 0 Å². The highest BCUT2D eigenvalue weighted by Crippen LogP contribution is 2.21. The number of aromatic nitrogens is 2. The van der Waals surface area contributed by atoms with E-state index < -0.39 is 0 Å². The minimum Gasteiger partial charge on any atom is -0.346 e. The number of nitrogens with zero attached hydrogens (tertiary/aromatic N) is 4. The summed E-state index contributed by atoms with van der Waals surface area (Å²) in [6.45, 7) is 7.97. The van der Waals surface area contributed by atoms with Gasteiger partial charge in [-0.25, -0.2) is 9.97 Å². The molecule has 0 radical (unpaired) electrons. The number of carbonyl (C=O) groups excluding carboxylic acids is 1. The van der Waals surface area contributed by atoms with Crippen molar-refractivity contribution in [3.63, 3.8) is 0 Å². The summed E-state index contributed by atoms with van der Waals surface area (Å²) in [6.07, 6.45) is 1.83. The minimum atomic E-state index is 0.0106. The van der Waals surface area contributed by atoms with Gasteiger partial charge in [0.2, 0.25) is 5.91 Å². The third-order valence-corrected chi connectivity index (χ3v) is 5.52. The maximum Gasteiger partial charge on any atom is 0.240 e. The maximum atomic E-state index is 12.1. The highest BCUT2D eigenvalue weighted by molar-refractivity contribution is 7.15. The van der Waals surface area contributed by atoms with Crippen LogP contribution in [0.2, 0.25) is 0 Å². The van der Waals surface area contributed by atoms with Crippen LogP contribution >= 0.6 is 22.7 Å². The lowest BCUT2D eigenvalue weighted by Crippen LogP contribution is -2.48. The second-order valence-electron chi connectivity index (χ2n) is 5.29. The van der Waals surface area contributed by atoms with Gasteiger partial charge < -0.3 is 10.2 Å². The van der Waals surface area contributed by atoms with Crippen LogP contribution < -0.4 is 10.2 Å². The molecule has 0 bridgehead atoms. The molecule has 0 aromatic carbocycles. The van der Waals surface area contributed by atoms with Crippen molar-refractivity contribution >= 4 is 38.8 Å². The highest BCUT2D eigenvalue weighted by Gasteiger charge is 2.20. The number of rotatable bonds is 4. The Bertz CT molecular complexity index is 612. The van der Waals surface area contributed by atoms with Crippen LogP contribution in [-0.2, 0) is 4.79 Å². The predicted molar refractivity (Wildman–Crippen MR) is 91.0 cm³/mol. The van der Waals surface area contributed by atoms with E-state index >= 15 is 0 Å². The second kappa shape index (κ2) is 6.72. The Hall–Kier alpha value is -1.51. The first-order valence-corrected chi connectivity index (χ1v) is 8.92. The third kappa shape index (κ3) is 3.63. The fourth-order valence-corrected chi connectivity index (χ4v) is 3.89. The van der Waals surface area contributed by atoms with Gasteiger partial charge in [-0.15, -0.1) is 22.7 Å². The van der Waals surface area contributed by atoms with Crippen molar-refractivity contribution in [2.75, 3.05) is 42.9 Å². The summed E-state index contributed by atoms with van der Waals surface area (Å²) in [7, 11) is 0. The summed E-state index contributed by atoms with van der Waals surface area (Å²) in [4.78, 5) is 26.4. The number of anilines is 2. The van der Waals surface area contributed by atoms with E-state index in [4.69, 9.17) is 0 Å². The van der Waals surface area contributed by atoms with Gasteiger partial charge >= 0.3 is 0 Å². The van der Waals surface area contributed by atoms with Crippen LogP contribution in [0.4, 0.5) is 10.3 Å². The summed E-state index contributed by atoms with van der Waals surface area (Å²) in [5, 5.41) is 6.65. The molecular weight excluding hydrogens is 318 g/mol. The average molecular weight is 337 g/mol. The molecule has 22 heavy (non-hydrogen) atoms. The van der Waals surface area contributed by atoms with Crippen molar-refractivity contribution in [3.05, 3.63) is 22.1 Å². The Labute approximate surface area is 137 Å². The molecule has 8 heteroatoms. The second-order valence-corrected chi connectivity index (χ2v) is 7.36. The molecule has 3 rings (SSSR count). The van der Waals surface area contributed by atoms with Crippen molar-refractivity contribution in [2.45, 2.75) is 13.8 Å². The fraction of sp³-hybridized carbons (Fsp3) is 0.500. The van der Waals surface area contributed by atoms with E-state index in [2.05, 4.69) is 25.1 Å². The topological polar surface area (TPSA) is 61.4 Å². The molecule has 0 saturated carbocycles. The zero-order valence-corrected chi connectivity index (χ0v) is 14.3. The molecule has 2 aromatic heterocycles. The maximum absolute atomic E-state index is 12.1. The summed E-state index contributed by atoms with van der Waals surface area (Å²) in [6, 6.07) is 0. The lowest BCUT2D eigenvalue weighted by molar-refractivity contribution is -0.117. The standard InChI is InChI=1S/C14H19N5OS2/c1-10-11(2)22-13(16-10)17-12(20)9-18-4-6-19(7-5-18)14-15-3-8-21-14/h3,8H,4-7,9H2,1-2H3,(H,16,17,20). The van der Waals surface area contributed by atoms with Gasteiger partial charge in [0.1, 0.15) is 0 Å². The Morgan fingerprint density at radius 1 is 1.32 bits per heavy atom. The third-order valence-electron chi connectivity index (χ3n) is 3.70. The molecular formula is C14H19N5OS2. The van der Waals surface area contributed by atoms with Crippen LogP contribution in [0.3, 0.4) is 0 Å². The molecule has 6 nitrogen and oxygen atoms in total. The van der Waals surface area contributed by atoms with Gasteiger partial charge in [-0.05, 0) is 13.8 Å². The van der Waals surface area contributed by atoms with E-state index in [0.29, 0.717) is 11.7 Å². The number of hydrogen-bond acceptors (Lipinski definition) is 7. The molecule has 3 heterocycles. The molecule has 1 aliphatic rings. The molecule has 118 valence electrons. The Morgan fingerprint density at radius 2 is 2.09 bits per heavy atom. The van der Waals surface area contributed by atoms with E-state index in [0.717, 1.165) is 41.9 Å². The van der Waals surface area contributed by atoms with Crippen molar-refractivity contribution < 1.29 is 4.79 Å². The zero-order valence-electron chi connectivity index (χ0n) is 12.7. The predicted octanol–water partition coefficient (Wildman–Crippen LogP) is 1.98. The van der Waals surface area contributed by atoms with Crippen LogP contribution in [0, 0.1) is 13.8 Å². The smallest absolute Gasteiger partial charge is 0.240 e. The number of carbonyl (C=O) groups is 1. The number of aryl methyl sites for hydroxylation is 2. The molecule has 0 spiro atoms. The fourth-order valence-electron chi connectivity index (χ4n) is 2.36. The van der Waals surface area contributed by atoms with Gasteiger partial charge in [-0.3, -0.25) is 9.69 Å². The highest BCUT2D eigenvalue weighted by atomic mass is 32.1. The Balaban J connectivity index is 1.47. The largest absolute Gasteiger partial charge is 0.346 e. The number of thiazole rings is 2. The molecule has 1 fully saturated rings. The summed E-state index contributed by atoms with van der Waals surface area (Å²) in [5.74, 6) is 0.0106. The summed E-state index contributed by atoms with van der Waals surface area (Å²) >= 11 is 3.19. The van der Waals surface area contributed by atoms with E-state index in [9.17, 15) is 4.79 Å². The van der Waals surface area contributed by atoms with Crippen LogP contribution in [0.15, 0.2) is 11.6 Å². The molecule has 1 aliphatic heterocycles. The monoisotopic (exact) mass is 337 g/mol. The van der Waals surface area contributed by atoms with Gasteiger partial charge in [0.15, 0.2) is 10.3 Å². The number of amides is 1. The van der Waals surface area contributed by atoms with Gasteiger partial charge in [-0.1, -0.05) is 0 Å². The molecule has 1 N–H and O–H groups in total. The lowest BCUT2D eigenvalue weighted by Gasteiger charge is -2.33. The lowest BCUT2D eigenvalue weighted by atomic mass is 10.3. The van der Waals surface area contributed by atoms with Crippen molar-refractivity contribution in [3.8, 4) is 0 Å². The molecule has 0 aliphatic carbocycles. The van der Waals surface area contributed by atoms with Crippen LogP contribution in [0.5, 0.6) is 0 Å². The van der Waals surface area contributed by atoms with Gasteiger partial charge in [0.25, 0.3) is 0 Å². The average Bonchev–Trinajstić information content (AvgIpc) is 3.11. The normalized spacial score (nSPS) is 16.0. The molecule has 1 amide bonds. The first kappa shape index (κ1) is 15.4. The van der Waals surface area contributed by atoms with Gasteiger partial charge in [0.05, 0.1) is 12.2 Å². The molecule has 0 atom stereocenters. The minimum absolute atomic E-state index is 0.0106. The van der Waals surface area contributed by atoms with Crippen LogP contribution in [0.1, 0.15) is 10.6 Å². The molecule has 0 unspecified atom stereocenters. The first-order valence-electron chi connectivity index (χ1n) is 7.22. The summed E-state index contributed by atoms with van der Waals surface area (Å²) in [5.41, 5.74) is 0.984. The Morgan fingerprint density at radius 3 is 2.68 bits per heavy atom. The first-order chi connectivity index (χ1) is 10.6. The molecule has 1 saturated heterocycles. The van der Waals surface area contributed by atoms with Gasteiger partial charge in [-0.2, -0.15) is 0 Å². The number of hydrogen-bond donors (Lipinski definition) is 1. The van der Waals surface area contributed by atoms with Crippen LogP contribution in [0.25, 0.3) is 0 Å². The van der Waals surface area contributed by atoms with E-state index in [1.807, 2.05) is 25.4 Å². The van der Waals surface area contributed by atoms with Crippen LogP contribution in [-0.4, -0.2) is 53.5 Å². The summed E-state index contributed by atoms with van der Waals surface area (Å²) < 4.78 is 0. The SMILES string of the molecule is Cc1nc(NC(=O)CN2CCN(c3nccs3)CC2)sc1C. The van der Waals surface area contributed by atoms with Crippen molar-refractivity contribution in [1.29, 1.82) is 0 Å². The van der Waals surface area contributed by atoms with E-state index in [1.165, 1.54) is 11.3 Å². The zero-order chi connectivity index (χ0) is 15.5. The van der Waals surface area contributed by atoms with Gasteiger partial charge in [0, 0.05) is 42.6 Å². The Kier molecular flexibility index (Phi) is 4.70. The van der Waals surface area contributed by atoms with Crippen molar-refractivity contribution in [1.82, 2.24) is 14.9 Å². The van der Waals surface area contributed by atoms with E-state index in [1.54, 1.807) is 11.3 Å².